The molecule has 0 spiro atoms. The lowest BCUT2D eigenvalue weighted by molar-refractivity contribution is -0.357. The van der Waals surface area contributed by atoms with Gasteiger partial charge in [-0.2, -0.15) is 0 Å². The standard InChI is InChI=1S/C43H59NO17/c1-4-24-15-16-26(20-28(24)54-3)44-39(50)37-35(61-42-34(49)33(48)31(46)22(2)56-42)27(17-18-55-37)58-43-38(60-41(53)25-13-9-6-10-14-25)36(32(47)30(21-45)59-43)57-29(40(51)52)19-23-11-7-5-8-12-23/h6,9-10,13-16,20,22-23,27,29-38,42-43,45-49H,4-5,7-8,11-12,17-19,21H2,1-3H3,(H,44,50)(H,51,52)/p-1. The maximum atomic E-state index is 14.1. The number of esters is 1. The van der Waals surface area contributed by atoms with Crippen LogP contribution in [0.4, 0.5) is 5.69 Å². The number of hydrogen-bond donors (Lipinski definition) is 6. The molecule has 18 nitrogen and oxygen atoms in total. The number of amides is 1. The van der Waals surface area contributed by atoms with Crippen LogP contribution in [0.15, 0.2) is 48.5 Å². The van der Waals surface area contributed by atoms with Gasteiger partial charge in [-0.3, -0.25) is 4.79 Å². The predicted octanol–water partition coefficient (Wildman–Crippen LogP) is 0.361. The van der Waals surface area contributed by atoms with Gasteiger partial charge in [-0.1, -0.05) is 63.3 Å². The normalized spacial score (nSPS) is 33.9. The molecule has 4 fully saturated rings. The molecule has 14 unspecified atom stereocenters. The van der Waals surface area contributed by atoms with E-state index in [1.54, 1.807) is 36.4 Å². The quantitative estimate of drug-likeness (QED) is 0.125. The van der Waals surface area contributed by atoms with Crippen molar-refractivity contribution in [1.82, 2.24) is 0 Å². The smallest absolute Gasteiger partial charge is 0.338 e. The van der Waals surface area contributed by atoms with Gasteiger partial charge in [0.15, 0.2) is 24.8 Å². The molecule has 3 aliphatic heterocycles. The molecule has 3 saturated heterocycles. The van der Waals surface area contributed by atoms with E-state index in [0.29, 0.717) is 17.9 Å². The molecule has 18 heteroatoms. The molecule has 4 aliphatic rings. The van der Waals surface area contributed by atoms with Crippen LogP contribution >= 0.6 is 0 Å². The van der Waals surface area contributed by atoms with Gasteiger partial charge in [0.25, 0.3) is 5.91 Å². The summed E-state index contributed by atoms with van der Waals surface area (Å²) in [4.78, 5) is 40.4. The van der Waals surface area contributed by atoms with Crippen LogP contribution in [0.3, 0.4) is 0 Å². The topological polar surface area (TPSA) is 261 Å². The summed E-state index contributed by atoms with van der Waals surface area (Å²) in [6.45, 7) is 2.51. The summed E-state index contributed by atoms with van der Waals surface area (Å²) in [5.74, 6) is -2.64. The predicted molar refractivity (Wildman–Crippen MR) is 210 cm³/mol. The van der Waals surface area contributed by atoms with Crippen molar-refractivity contribution in [2.75, 3.05) is 25.6 Å². The van der Waals surface area contributed by atoms with Gasteiger partial charge in [0.05, 0.1) is 50.2 Å². The average molecular weight is 861 g/mol. The second kappa shape index (κ2) is 21.5. The van der Waals surface area contributed by atoms with Gasteiger partial charge in [-0.15, -0.1) is 0 Å². The van der Waals surface area contributed by atoms with Crippen molar-refractivity contribution < 1.29 is 82.9 Å². The van der Waals surface area contributed by atoms with E-state index in [1.165, 1.54) is 26.2 Å². The number of carboxylic acids is 1. The van der Waals surface area contributed by atoms with Crippen molar-refractivity contribution in [3.63, 3.8) is 0 Å². The zero-order chi connectivity index (χ0) is 43.8. The van der Waals surface area contributed by atoms with Crippen molar-refractivity contribution in [2.45, 2.75) is 151 Å². The van der Waals surface area contributed by atoms with Crippen molar-refractivity contribution in [3.8, 4) is 5.75 Å². The number of carboxylic acid groups (broad SMARTS) is 1. The number of ether oxygens (including phenoxy) is 8. The first-order chi connectivity index (χ1) is 29.3. The van der Waals surface area contributed by atoms with Gasteiger partial charge in [0, 0.05) is 11.8 Å². The molecule has 6 N–H and O–H groups in total. The number of carbonyl (C=O) groups is 3. The summed E-state index contributed by atoms with van der Waals surface area (Å²) < 4.78 is 48.1. The highest BCUT2D eigenvalue weighted by Crippen LogP contribution is 2.36. The van der Waals surface area contributed by atoms with E-state index in [1.807, 2.05) is 6.92 Å². The Labute approximate surface area is 353 Å². The van der Waals surface area contributed by atoms with E-state index in [2.05, 4.69) is 5.32 Å². The summed E-state index contributed by atoms with van der Waals surface area (Å²) in [6.07, 6.45) is -16.5. The van der Waals surface area contributed by atoms with Gasteiger partial charge in [-0.25, -0.2) is 4.79 Å². The molecule has 14 atom stereocenters. The maximum absolute atomic E-state index is 14.1. The van der Waals surface area contributed by atoms with Gasteiger partial charge in [-0.05, 0) is 55.9 Å². The van der Waals surface area contributed by atoms with Crippen LogP contribution in [0, 0.1) is 5.92 Å². The van der Waals surface area contributed by atoms with Gasteiger partial charge < -0.3 is 78.6 Å². The largest absolute Gasteiger partial charge is 0.547 e. The summed E-state index contributed by atoms with van der Waals surface area (Å²) in [6, 6.07) is 13.0. The highest BCUT2D eigenvalue weighted by Gasteiger charge is 2.53. The highest BCUT2D eigenvalue weighted by atomic mass is 16.8. The molecular weight excluding hydrogens is 802 g/mol. The van der Waals surface area contributed by atoms with Crippen LogP contribution in [0.5, 0.6) is 5.75 Å². The van der Waals surface area contributed by atoms with E-state index < -0.39 is 110 Å². The number of carbonyl (C=O) groups excluding carboxylic acids is 3. The number of aliphatic hydroxyl groups excluding tert-OH is 5. The van der Waals surface area contributed by atoms with Crippen LogP contribution in [0.2, 0.25) is 0 Å². The fourth-order valence-electron chi connectivity index (χ4n) is 8.40. The number of rotatable bonds is 16. The Morgan fingerprint density at radius 2 is 1.61 bits per heavy atom. The van der Waals surface area contributed by atoms with Crippen LogP contribution in [0.1, 0.15) is 74.7 Å². The molecule has 61 heavy (non-hydrogen) atoms. The molecule has 3 heterocycles. The Morgan fingerprint density at radius 1 is 0.869 bits per heavy atom. The van der Waals surface area contributed by atoms with E-state index in [-0.39, 0.29) is 30.9 Å². The number of anilines is 1. The first-order valence-corrected chi connectivity index (χ1v) is 21.0. The van der Waals surface area contributed by atoms with Crippen molar-refractivity contribution in [2.24, 2.45) is 5.92 Å². The number of methoxy groups -OCH3 is 1. The Morgan fingerprint density at radius 3 is 2.28 bits per heavy atom. The first-order valence-electron chi connectivity index (χ1n) is 21.0. The molecule has 1 saturated carbocycles. The molecular formula is C43H58NO17-. The third kappa shape index (κ3) is 11.2. The third-order valence-electron chi connectivity index (χ3n) is 11.9. The maximum Gasteiger partial charge on any atom is 0.338 e. The second-order valence-corrected chi connectivity index (χ2v) is 16.0. The Bertz CT molecular complexity index is 1740. The molecule has 0 bridgehead atoms. The van der Waals surface area contributed by atoms with E-state index in [0.717, 1.165) is 37.7 Å². The lowest BCUT2D eigenvalue weighted by atomic mass is 9.85. The molecule has 1 aliphatic carbocycles. The number of aliphatic hydroxyl groups is 5. The van der Waals surface area contributed by atoms with Crippen molar-refractivity contribution >= 4 is 23.5 Å². The van der Waals surface area contributed by atoms with Crippen molar-refractivity contribution in [1.29, 1.82) is 0 Å². The van der Waals surface area contributed by atoms with Gasteiger partial charge in [0.1, 0.15) is 48.5 Å². The van der Waals surface area contributed by atoms with Gasteiger partial charge in [0.2, 0.25) is 0 Å². The first kappa shape index (κ1) is 46.7. The molecule has 338 valence electrons. The zero-order valence-corrected chi connectivity index (χ0v) is 34.5. The summed E-state index contributed by atoms with van der Waals surface area (Å²) >= 11 is 0. The van der Waals surface area contributed by atoms with E-state index >= 15 is 0 Å². The molecule has 0 radical (unpaired) electrons. The van der Waals surface area contributed by atoms with Crippen LogP contribution in [0.25, 0.3) is 0 Å². The third-order valence-corrected chi connectivity index (χ3v) is 11.9. The number of hydrogen-bond acceptors (Lipinski definition) is 17. The Kier molecular flexibility index (Phi) is 16.5. The van der Waals surface area contributed by atoms with E-state index in [9.17, 15) is 45.0 Å². The number of benzene rings is 2. The monoisotopic (exact) mass is 860 g/mol. The fourth-order valence-corrected chi connectivity index (χ4v) is 8.40. The lowest BCUT2D eigenvalue weighted by Gasteiger charge is -2.47. The average Bonchev–Trinajstić information content (AvgIpc) is 3.27. The van der Waals surface area contributed by atoms with Crippen LogP contribution in [-0.2, 0) is 49.2 Å². The fraction of sp³-hybridized carbons (Fsp3) is 0.651. The second-order valence-electron chi connectivity index (χ2n) is 16.0. The molecule has 1 amide bonds. The molecule has 0 aromatic heterocycles. The molecule has 6 rings (SSSR count). The molecule has 2 aromatic rings. The zero-order valence-electron chi connectivity index (χ0n) is 34.5. The minimum Gasteiger partial charge on any atom is -0.547 e. The lowest BCUT2D eigenvalue weighted by Crippen LogP contribution is -2.65. The summed E-state index contributed by atoms with van der Waals surface area (Å²) in [7, 11) is 1.50. The van der Waals surface area contributed by atoms with Gasteiger partial charge >= 0.3 is 5.97 Å². The summed E-state index contributed by atoms with van der Waals surface area (Å²) in [5.41, 5.74) is 1.35. The van der Waals surface area contributed by atoms with Crippen LogP contribution < -0.4 is 15.2 Å². The minimum atomic E-state index is -1.80. The molecule has 2 aromatic carbocycles. The van der Waals surface area contributed by atoms with Crippen molar-refractivity contribution in [3.05, 3.63) is 59.7 Å². The van der Waals surface area contributed by atoms with E-state index in [4.69, 9.17) is 37.9 Å². The summed E-state index contributed by atoms with van der Waals surface area (Å²) in [5, 5.41) is 69.4. The Hall–Kier alpha value is -3.79. The minimum absolute atomic E-state index is 0.00626. The SMILES string of the molecule is CCc1ccc(NC(=O)C2OCCC(OC3OC(CO)C(O)C(OC(CC4CCCCC4)C(=O)[O-])C3OC(=O)c3ccccc3)C2OC2OC(C)C(O)C(O)C2O)cc1OC. The number of aliphatic carboxylic acids is 1. The van der Waals surface area contributed by atoms with Crippen LogP contribution in [-0.4, -0.2) is 150 Å². The highest BCUT2D eigenvalue weighted by molar-refractivity contribution is 5.95. The Balaban J connectivity index is 1.34. The number of nitrogens with one attached hydrogen (secondary N) is 1. The number of aryl methyl sites for hydroxylation is 1.